The van der Waals surface area contributed by atoms with Gasteiger partial charge in [0, 0.05) is 40.2 Å². The van der Waals surface area contributed by atoms with E-state index >= 15 is 0 Å². The van der Waals surface area contributed by atoms with Gasteiger partial charge in [-0.05, 0) is 36.8 Å². The molecule has 4 rings (SSSR count). The van der Waals surface area contributed by atoms with E-state index in [9.17, 15) is 22.1 Å². The molecule has 1 saturated heterocycles. The van der Waals surface area contributed by atoms with Gasteiger partial charge in [0.25, 0.3) is 0 Å². The SMILES string of the molecule is Cc1cc(N=S(C)(C)=O)cc2ncnc(Nc3ccc(F)cc3O[C@@H]3CN(S(C)(=O)=O)C[C@H]3O)c12. The first kappa shape index (κ1) is 25.2. The van der Waals surface area contributed by atoms with Crippen molar-refractivity contribution in [2.45, 2.75) is 19.1 Å². The average Bonchev–Trinajstić information content (AvgIpc) is 3.09. The van der Waals surface area contributed by atoms with E-state index in [-0.39, 0.29) is 18.8 Å². The van der Waals surface area contributed by atoms with Crippen LogP contribution in [0.5, 0.6) is 5.75 Å². The number of anilines is 2. The lowest BCUT2D eigenvalue weighted by Gasteiger charge is -2.20. The Labute approximate surface area is 203 Å². The second-order valence-electron chi connectivity index (χ2n) is 8.72. The van der Waals surface area contributed by atoms with Gasteiger partial charge in [0.1, 0.15) is 35.9 Å². The second kappa shape index (κ2) is 9.30. The van der Waals surface area contributed by atoms with Crippen LogP contribution in [-0.2, 0) is 19.8 Å². The zero-order valence-corrected chi connectivity index (χ0v) is 21.2. The standard InChI is InChI=1S/C22H26FN5O5S2/c1-13-7-15(27-34(2,3)30)9-17-21(13)22(25-12-24-17)26-16-6-5-14(23)8-19(16)33-20-11-28(10-18(20)29)35(4,31)32/h5-9,12,18,20,29H,10-11H2,1-4H3,(H,24,25,26)/t18-,20-/m1/s1. The molecule has 0 bridgehead atoms. The number of benzene rings is 2. The highest BCUT2D eigenvalue weighted by Gasteiger charge is 2.38. The van der Waals surface area contributed by atoms with Crippen LogP contribution in [0.4, 0.5) is 21.6 Å². The van der Waals surface area contributed by atoms with E-state index < -0.39 is 37.8 Å². The Morgan fingerprint density at radius 2 is 1.89 bits per heavy atom. The Bertz CT molecular complexity index is 1510. The summed E-state index contributed by atoms with van der Waals surface area (Å²) in [5, 5.41) is 14.1. The molecule has 10 nitrogen and oxygen atoms in total. The number of aliphatic hydroxyl groups is 1. The highest BCUT2D eigenvalue weighted by atomic mass is 32.2. The number of ether oxygens (including phenoxy) is 1. The Balaban J connectivity index is 1.69. The molecular weight excluding hydrogens is 497 g/mol. The van der Waals surface area contributed by atoms with Crippen LogP contribution in [0.15, 0.2) is 41.0 Å². The molecule has 0 aliphatic carbocycles. The smallest absolute Gasteiger partial charge is 0.211 e. The summed E-state index contributed by atoms with van der Waals surface area (Å²) in [5.74, 6) is -0.0400. The van der Waals surface area contributed by atoms with Crippen LogP contribution in [-0.4, -0.2) is 76.1 Å². The highest BCUT2D eigenvalue weighted by Crippen LogP contribution is 2.35. The van der Waals surface area contributed by atoms with E-state index in [4.69, 9.17) is 4.74 Å². The Morgan fingerprint density at radius 3 is 2.54 bits per heavy atom. The molecule has 1 fully saturated rings. The van der Waals surface area contributed by atoms with Crippen LogP contribution in [0, 0.1) is 12.7 Å². The van der Waals surface area contributed by atoms with E-state index in [0.717, 1.165) is 22.2 Å². The molecule has 0 radical (unpaired) electrons. The molecule has 0 spiro atoms. The van der Waals surface area contributed by atoms with Crippen molar-refractivity contribution in [3.63, 3.8) is 0 Å². The number of fused-ring (bicyclic) bond motifs is 1. The molecule has 3 aromatic rings. The number of halogens is 1. The molecule has 13 heteroatoms. The van der Waals surface area contributed by atoms with E-state index in [1.54, 1.807) is 24.6 Å². The van der Waals surface area contributed by atoms with E-state index in [0.29, 0.717) is 28.1 Å². The zero-order valence-electron chi connectivity index (χ0n) is 19.6. The predicted molar refractivity (Wildman–Crippen MR) is 133 cm³/mol. The summed E-state index contributed by atoms with van der Waals surface area (Å²) in [6, 6.07) is 7.36. The predicted octanol–water partition coefficient (Wildman–Crippen LogP) is 2.56. The zero-order chi connectivity index (χ0) is 25.5. The van der Waals surface area contributed by atoms with Crippen molar-refractivity contribution >= 4 is 47.8 Å². The van der Waals surface area contributed by atoms with Gasteiger partial charge in [-0.15, -0.1) is 0 Å². The summed E-state index contributed by atoms with van der Waals surface area (Å²) in [6.07, 6.45) is 3.56. The Morgan fingerprint density at radius 1 is 1.14 bits per heavy atom. The first-order valence-corrected chi connectivity index (χ1v) is 14.8. The van der Waals surface area contributed by atoms with Crippen LogP contribution < -0.4 is 10.1 Å². The van der Waals surface area contributed by atoms with Gasteiger partial charge in [-0.1, -0.05) is 0 Å². The molecule has 2 N–H and O–H groups in total. The fourth-order valence-corrected chi connectivity index (χ4v) is 5.33. The fraction of sp³-hybridized carbons (Fsp3) is 0.364. The van der Waals surface area contributed by atoms with E-state index in [2.05, 4.69) is 19.6 Å². The average molecular weight is 524 g/mol. The summed E-state index contributed by atoms with van der Waals surface area (Å²) in [4.78, 5) is 8.63. The number of aryl methyl sites for hydroxylation is 1. The summed E-state index contributed by atoms with van der Waals surface area (Å²) in [7, 11) is -5.87. The van der Waals surface area contributed by atoms with Gasteiger partial charge in [0.15, 0.2) is 0 Å². The number of β-amino-alcohol motifs (C(OH)–C–C–N with tert-alkyl or cyclic N) is 1. The molecule has 0 amide bonds. The van der Waals surface area contributed by atoms with Gasteiger partial charge < -0.3 is 15.2 Å². The number of hydrogen-bond acceptors (Lipinski definition) is 9. The number of hydrogen-bond donors (Lipinski definition) is 2. The Kier molecular flexibility index (Phi) is 6.70. The van der Waals surface area contributed by atoms with Gasteiger partial charge in [-0.2, -0.15) is 8.67 Å². The van der Waals surface area contributed by atoms with Crippen molar-refractivity contribution in [3.8, 4) is 5.75 Å². The van der Waals surface area contributed by atoms with Crippen LogP contribution in [0.2, 0.25) is 0 Å². The lowest BCUT2D eigenvalue weighted by molar-refractivity contribution is 0.0740. The van der Waals surface area contributed by atoms with Crippen molar-refractivity contribution in [3.05, 3.63) is 48.0 Å². The number of aliphatic hydroxyl groups excluding tert-OH is 1. The molecule has 1 aliphatic rings. The Hall–Kier alpha value is -2.87. The third-order valence-electron chi connectivity index (χ3n) is 5.39. The first-order valence-electron chi connectivity index (χ1n) is 10.6. The van der Waals surface area contributed by atoms with Gasteiger partial charge in [-0.3, -0.25) is 0 Å². The third kappa shape index (κ3) is 5.86. The number of aromatic nitrogens is 2. The molecule has 35 heavy (non-hydrogen) atoms. The van der Waals surface area contributed by atoms with Crippen LogP contribution in [0.25, 0.3) is 10.9 Å². The summed E-state index contributed by atoms with van der Waals surface area (Å²) in [6.45, 7) is 1.68. The van der Waals surface area contributed by atoms with Crippen LogP contribution >= 0.6 is 0 Å². The van der Waals surface area contributed by atoms with Crippen molar-refractivity contribution in [1.29, 1.82) is 0 Å². The largest absolute Gasteiger partial charge is 0.484 e. The van der Waals surface area contributed by atoms with Crippen molar-refractivity contribution in [2.24, 2.45) is 4.36 Å². The number of nitrogens with one attached hydrogen (secondary N) is 1. The molecule has 0 saturated carbocycles. The molecule has 1 aromatic heterocycles. The molecule has 188 valence electrons. The van der Waals surface area contributed by atoms with Crippen molar-refractivity contribution in [1.82, 2.24) is 14.3 Å². The number of sulfonamides is 1. The van der Waals surface area contributed by atoms with Crippen molar-refractivity contribution in [2.75, 3.05) is 37.2 Å². The fourth-order valence-electron chi connectivity index (χ4n) is 3.87. The third-order valence-corrected chi connectivity index (χ3v) is 7.28. The first-order chi connectivity index (χ1) is 16.3. The maximum Gasteiger partial charge on any atom is 0.211 e. The minimum absolute atomic E-state index is 0.0597. The molecule has 2 atom stereocenters. The minimum Gasteiger partial charge on any atom is -0.484 e. The maximum atomic E-state index is 14.1. The number of rotatable bonds is 6. The molecule has 2 aromatic carbocycles. The number of nitrogens with zero attached hydrogens (tertiary/aromatic N) is 4. The normalized spacial score (nSPS) is 19.1. The van der Waals surface area contributed by atoms with Gasteiger partial charge in [-0.25, -0.2) is 27.0 Å². The summed E-state index contributed by atoms with van der Waals surface area (Å²) in [5.41, 5.74) is 2.26. The molecule has 0 unspecified atom stereocenters. The van der Waals surface area contributed by atoms with Crippen LogP contribution in [0.3, 0.4) is 0 Å². The highest BCUT2D eigenvalue weighted by molar-refractivity contribution is 7.92. The van der Waals surface area contributed by atoms with E-state index in [1.807, 2.05) is 6.92 Å². The quantitative estimate of drug-likeness (QED) is 0.504. The molecule has 2 heterocycles. The van der Waals surface area contributed by atoms with Crippen LogP contribution in [0.1, 0.15) is 5.56 Å². The molecule has 1 aliphatic heterocycles. The lowest BCUT2D eigenvalue weighted by Crippen LogP contribution is -2.31. The monoisotopic (exact) mass is 523 g/mol. The topological polar surface area (TPSA) is 134 Å². The van der Waals surface area contributed by atoms with Gasteiger partial charge in [0.05, 0.1) is 29.7 Å². The van der Waals surface area contributed by atoms with Crippen molar-refractivity contribution < 1.29 is 26.9 Å². The van der Waals surface area contributed by atoms with E-state index in [1.165, 1.54) is 18.5 Å². The minimum atomic E-state index is -3.51. The van der Waals surface area contributed by atoms with Gasteiger partial charge >= 0.3 is 0 Å². The maximum absolute atomic E-state index is 14.1. The lowest BCUT2D eigenvalue weighted by atomic mass is 10.1. The van der Waals surface area contributed by atoms with Gasteiger partial charge in [0.2, 0.25) is 10.0 Å². The summed E-state index contributed by atoms with van der Waals surface area (Å²) >= 11 is 0. The summed E-state index contributed by atoms with van der Waals surface area (Å²) < 4.78 is 61.1. The second-order valence-corrected chi connectivity index (χ2v) is 13.2. The molecular formula is C22H26FN5O5S2.